The summed E-state index contributed by atoms with van der Waals surface area (Å²) >= 11 is 1.46. The third-order valence-corrected chi connectivity index (χ3v) is 6.69. The van der Waals surface area contributed by atoms with Gasteiger partial charge in [0.25, 0.3) is 0 Å². The van der Waals surface area contributed by atoms with E-state index in [4.69, 9.17) is 0 Å². The van der Waals surface area contributed by atoms with Gasteiger partial charge < -0.3 is 9.88 Å². The van der Waals surface area contributed by atoms with Crippen molar-refractivity contribution in [2.45, 2.75) is 56.5 Å². The molecule has 0 aliphatic heterocycles. The molecule has 1 aromatic heterocycles. The highest BCUT2D eigenvalue weighted by molar-refractivity contribution is 8.00. The van der Waals surface area contributed by atoms with E-state index >= 15 is 0 Å². The van der Waals surface area contributed by atoms with Crippen molar-refractivity contribution in [2.24, 2.45) is 18.9 Å². The van der Waals surface area contributed by atoms with E-state index in [9.17, 15) is 4.79 Å². The van der Waals surface area contributed by atoms with E-state index in [0.717, 1.165) is 23.0 Å². The number of carbonyl (C=O) groups is 1. The summed E-state index contributed by atoms with van der Waals surface area (Å²) in [5.74, 6) is 2.11. The van der Waals surface area contributed by atoms with Gasteiger partial charge in [0.1, 0.15) is 0 Å². The lowest BCUT2D eigenvalue weighted by Gasteiger charge is -2.35. The molecule has 0 bridgehead atoms. The average molecular weight is 373 g/mol. The zero-order valence-electron chi connectivity index (χ0n) is 16.0. The minimum atomic E-state index is -0.203. The molecule has 140 valence electrons. The highest BCUT2D eigenvalue weighted by Gasteiger charge is 2.29. The Morgan fingerprint density at radius 3 is 2.69 bits per heavy atom. The van der Waals surface area contributed by atoms with Crippen LogP contribution in [0.3, 0.4) is 0 Å². The van der Waals surface area contributed by atoms with Gasteiger partial charge in [-0.1, -0.05) is 68.8 Å². The number of hydrogen-bond acceptors (Lipinski definition) is 4. The van der Waals surface area contributed by atoms with E-state index in [2.05, 4.69) is 29.4 Å². The van der Waals surface area contributed by atoms with Gasteiger partial charge in [0.2, 0.25) is 5.91 Å². The number of hydrogen-bond donors (Lipinski definition) is 1. The summed E-state index contributed by atoms with van der Waals surface area (Å²) in [6.07, 6.45) is 3.54. The highest BCUT2D eigenvalue weighted by atomic mass is 32.2. The van der Waals surface area contributed by atoms with Crippen LogP contribution in [-0.2, 0) is 11.8 Å². The summed E-state index contributed by atoms with van der Waals surface area (Å²) in [7, 11) is 1.94. The smallest absolute Gasteiger partial charge is 0.233 e. The van der Waals surface area contributed by atoms with Crippen molar-refractivity contribution in [3.05, 3.63) is 30.3 Å². The zero-order valence-corrected chi connectivity index (χ0v) is 16.8. The molecule has 1 amide bonds. The normalized spacial score (nSPS) is 24.2. The minimum Gasteiger partial charge on any atom is -0.352 e. The Kier molecular flexibility index (Phi) is 6.01. The van der Waals surface area contributed by atoms with Crippen LogP contribution >= 0.6 is 11.8 Å². The molecule has 4 atom stereocenters. The molecule has 1 aromatic carbocycles. The van der Waals surface area contributed by atoms with Crippen molar-refractivity contribution < 1.29 is 4.79 Å². The lowest BCUT2D eigenvalue weighted by Crippen LogP contribution is -2.46. The SMILES string of the molecule is C[C@@H]1[C@H](C)CCC[C@H]1NC(=O)[C@@H](C)Sc1nnc(-c2ccccc2)n1C. The van der Waals surface area contributed by atoms with Crippen LogP contribution in [-0.4, -0.2) is 32.0 Å². The summed E-state index contributed by atoms with van der Waals surface area (Å²) in [6, 6.07) is 10.3. The Labute approximate surface area is 160 Å². The summed E-state index contributed by atoms with van der Waals surface area (Å²) in [5, 5.41) is 12.4. The van der Waals surface area contributed by atoms with Gasteiger partial charge in [-0.05, 0) is 25.2 Å². The van der Waals surface area contributed by atoms with E-state index < -0.39 is 0 Å². The standard InChI is InChI=1S/C20H28N4OS/c1-13-9-8-12-17(14(13)2)21-19(25)15(3)26-20-23-22-18(24(20)4)16-10-6-5-7-11-16/h5-7,10-11,13-15,17H,8-9,12H2,1-4H3,(H,21,25)/t13-,14-,15-,17-/m1/s1. The number of amides is 1. The molecule has 1 aliphatic carbocycles. The monoisotopic (exact) mass is 372 g/mol. The first-order valence-electron chi connectivity index (χ1n) is 9.39. The molecule has 2 aromatic rings. The molecule has 1 aliphatic rings. The van der Waals surface area contributed by atoms with Gasteiger partial charge in [-0.3, -0.25) is 4.79 Å². The molecule has 1 heterocycles. The summed E-state index contributed by atoms with van der Waals surface area (Å²) in [5.41, 5.74) is 1.02. The molecule has 1 fully saturated rings. The second kappa shape index (κ2) is 8.25. The van der Waals surface area contributed by atoms with Gasteiger partial charge in [0, 0.05) is 18.7 Å². The first-order chi connectivity index (χ1) is 12.5. The van der Waals surface area contributed by atoms with Crippen molar-refractivity contribution in [1.29, 1.82) is 0 Å². The number of thioether (sulfide) groups is 1. The lowest BCUT2D eigenvalue weighted by molar-refractivity contribution is -0.121. The van der Waals surface area contributed by atoms with Crippen LogP contribution in [0.1, 0.15) is 40.0 Å². The van der Waals surface area contributed by atoms with Gasteiger partial charge in [-0.15, -0.1) is 10.2 Å². The molecular formula is C20H28N4OS. The third kappa shape index (κ3) is 4.11. The van der Waals surface area contributed by atoms with Gasteiger partial charge >= 0.3 is 0 Å². The maximum Gasteiger partial charge on any atom is 0.233 e. The van der Waals surface area contributed by atoms with E-state index in [-0.39, 0.29) is 17.2 Å². The average Bonchev–Trinajstić information content (AvgIpc) is 3.00. The van der Waals surface area contributed by atoms with Gasteiger partial charge in [-0.2, -0.15) is 0 Å². The molecular weight excluding hydrogens is 344 g/mol. The lowest BCUT2D eigenvalue weighted by atomic mass is 9.78. The molecule has 1 saturated carbocycles. The van der Waals surface area contributed by atoms with E-state index in [0.29, 0.717) is 11.8 Å². The third-order valence-electron chi connectivity index (χ3n) is 5.55. The fourth-order valence-electron chi connectivity index (χ4n) is 3.55. The van der Waals surface area contributed by atoms with E-state index in [1.807, 2.05) is 48.9 Å². The Balaban J connectivity index is 1.64. The van der Waals surface area contributed by atoms with E-state index in [1.54, 1.807) is 0 Å². The highest BCUT2D eigenvalue weighted by Crippen LogP contribution is 2.30. The van der Waals surface area contributed by atoms with Crippen molar-refractivity contribution in [1.82, 2.24) is 20.1 Å². The number of nitrogens with zero attached hydrogens (tertiary/aromatic N) is 3. The van der Waals surface area contributed by atoms with E-state index in [1.165, 1.54) is 24.6 Å². The first kappa shape index (κ1) is 19.0. The topological polar surface area (TPSA) is 59.8 Å². The molecule has 0 saturated heterocycles. The largest absolute Gasteiger partial charge is 0.352 e. The molecule has 0 radical (unpaired) electrons. The Bertz CT molecular complexity index is 746. The molecule has 1 N–H and O–H groups in total. The fraction of sp³-hybridized carbons (Fsp3) is 0.550. The van der Waals surface area contributed by atoms with Gasteiger partial charge in [0.15, 0.2) is 11.0 Å². The van der Waals surface area contributed by atoms with Crippen molar-refractivity contribution in [2.75, 3.05) is 0 Å². The van der Waals surface area contributed by atoms with Crippen molar-refractivity contribution >= 4 is 17.7 Å². The van der Waals surface area contributed by atoms with Gasteiger partial charge in [0.05, 0.1) is 5.25 Å². The Morgan fingerprint density at radius 2 is 1.96 bits per heavy atom. The van der Waals surface area contributed by atoms with Crippen LogP contribution in [0.2, 0.25) is 0 Å². The number of rotatable bonds is 5. The van der Waals surface area contributed by atoms with Crippen LogP contribution < -0.4 is 5.32 Å². The Hall–Kier alpha value is -1.82. The van der Waals surface area contributed by atoms with Gasteiger partial charge in [-0.25, -0.2) is 0 Å². The number of carbonyl (C=O) groups excluding carboxylic acids is 1. The first-order valence-corrected chi connectivity index (χ1v) is 10.3. The predicted molar refractivity (Wildman–Crippen MR) is 106 cm³/mol. The zero-order chi connectivity index (χ0) is 18.7. The summed E-state index contributed by atoms with van der Waals surface area (Å²) in [6.45, 7) is 6.47. The van der Waals surface area contributed by atoms with Crippen LogP contribution in [0.25, 0.3) is 11.4 Å². The second-order valence-corrected chi connectivity index (χ2v) is 8.68. The molecule has 26 heavy (non-hydrogen) atoms. The number of nitrogens with one attached hydrogen (secondary N) is 1. The molecule has 3 rings (SSSR count). The summed E-state index contributed by atoms with van der Waals surface area (Å²) in [4.78, 5) is 12.7. The minimum absolute atomic E-state index is 0.0882. The van der Waals surface area contributed by atoms with Crippen LogP contribution in [0.4, 0.5) is 0 Å². The maximum absolute atomic E-state index is 12.7. The quantitative estimate of drug-likeness (QED) is 0.809. The molecule has 0 unspecified atom stereocenters. The maximum atomic E-state index is 12.7. The molecule has 6 heteroatoms. The van der Waals surface area contributed by atoms with Crippen molar-refractivity contribution in [3.8, 4) is 11.4 Å². The number of benzene rings is 1. The predicted octanol–water partition coefficient (Wildman–Crippen LogP) is 3.90. The summed E-state index contributed by atoms with van der Waals surface area (Å²) < 4.78 is 1.95. The molecule has 5 nitrogen and oxygen atoms in total. The van der Waals surface area contributed by atoms with Crippen LogP contribution in [0, 0.1) is 11.8 Å². The van der Waals surface area contributed by atoms with Crippen LogP contribution in [0.5, 0.6) is 0 Å². The number of aromatic nitrogens is 3. The molecule has 0 spiro atoms. The Morgan fingerprint density at radius 1 is 1.23 bits per heavy atom. The van der Waals surface area contributed by atoms with Crippen LogP contribution in [0.15, 0.2) is 35.5 Å². The second-order valence-electron chi connectivity index (χ2n) is 7.37. The van der Waals surface area contributed by atoms with Crippen molar-refractivity contribution in [3.63, 3.8) is 0 Å². The fourth-order valence-corrected chi connectivity index (χ4v) is 4.38.